The van der Waals surface area contributed by atoms with Crippen LogP contribution < -0.4 is 4.74 Å². The first-order valence-corrected chi connectivity index (χ1v) is 8.23. The second-order valence-electron chi connectivity index (χ2n) is 6.25. The third kappa shape index (κ3) is 4.98. The van der Waals surface area contributed by atoms with Gasteiger partial charge in [-0.25, -0.2) is 0 Å². The maximum Gasteiger partial charge on any atom is 0.305 e. The van der Waals surface area contributed by atoms with Crippen molar-refractivity contribution in [2.24, 2.45) is 0 Å². The summed E-state index contributed by atoms with van der Waals surface area (Å²) in [5, 5.41) is 8.78. The zero-order valence-corrected chi connectivity index (χ0v) is 13.9. The first-order valence-electron chi connectivity index (χ1n) is 8.23. The molecule has 1 N–H and O–H groups in total. The molecule has 126 valence electrons. The van der Waals surface area contributed by atoms with E-state index < -0.39 is 5.97 Å². The van der Waals surface area contributed by atoms with Crippen molar-refractivity contribution in [3.05, 3.63) is 29.3 Å². The predicted molar refractivity (Wildman–Crippen MR) is 87.7 cm³/mol. The Kier molecular flexibility index (Phi) is 6.02. The molecule has 0 saturated heterocycles. The summed E-state index contributed by atoms with van der Waals surface area (Å²) >= 11 is 0. The van der Waals surface area contributed by atoms with Crippen molar-refractivity contribution < 1.29 is 19.4 Å². The van der Waals surface area contributed by atoms with Crippen LogP contribution in [0.4, 0.5) is 0 Å². The molecule has 0 fully saturated rings. The molecule has 5 heteroatoms. The zero-order chi connectivity index (χ0) is 16.8. The highest BCUT2D eigenvalue weighted by Crippen LogP contribution is 2.25. The Morgan fingerprint density at radius 1 is 1.22 bits per heavy atom. The number of carbonyl (C=O) groups excluding carboxylic acids is 1. The number of benzene rings is 1. The smallest absolute Gasteiger partial charge is 0.305 e. The average Bonchev–Trinajstić information content (AvgIpc) is 2.52. The molecule has 1 amide bonds. The fourth-order valence-corrected chi connectivity index (χ4v) is 2.91. The van der Waals surface area contributed by atoms with Gasteiger partial charge >= 0.3 is 5.97 Å². The number of amides is 1. The van der Waals surface area contributed by atoms with Crippen LogP contribution in [0.5, 0.6) is 5.75 Å². The normalized spacial score (nSPS) is 13.5. The SMILES string of the molecule is CC(C)N(CCC(=O)O)C(=O)COc1ccc2c(c1)CCCC2. The van der Waals surface area contributed by atoms with Gasteiger partial charge in [-0.15, -0.1) is 0 Å². The highest BCUT2D eigenvalue weighted by Gasteiger charge is 2.19. The van der Waals surface area contributed by atoms with Crippen LogP contribution in [0.3, 0.4) is 0 Å². The summed E-state index contributed by atoms with van der Waals surface area (Å²) in [6, 6.07) is 5.97. The van der Waals surface area contributed by atoms with Crippen molar-refractivity contribution in [1.29, 1.82) is 0 Å². The lowest BCUT2D eigenvalue weighted by Crippen LogP contribution is -2.41. The maximum absolute atomic E-state index is 12.3. The number of fused-ring (bicyclic) bond motifs is 1. The molecular weight excluding hydrogens is 294 g/mol. The largest absolute Gasteiger partial charge is 0.484 e. The third-order valence-corrected chi connectivity index (χ3v) is 4.19. The highest BCUT2D eigenvalue weighted by molar-refractivity contribution is 5.78. The van der Waals surface area contributed by atoms with Crippen LogP contribution in [0.15, 0.2) is 18.2 Å². The predicted octanol–water partition coefficient (Wildman–Crippen LogP) is 2.66. The quantitative estimate of drug-likeness (QED) is 0.839. The molecule has 0 atom stereocenters. The van der Waals surface area contributed by atoms with Gasteiger partial charge in [0.25, 0.3) is 5.91 Å². The first-order chi connectivity index (χ1) is 11.0. The van der Waals surface area contributed by atoms with Crippen molar-refractivity contribution >= 4 is 11.9 Å². The van der Waals surface area contributed by atoms with Crippen LogP contribution in [0, 0.1) is 0 Å². The number of carbonyl (C=O) groups is 2. The van der Waals surface area contributed by atoms with Gasteiger partial charge in [0.05, 0.1) is 6.42 Å². The van der Waals surface area contributed by atoms with Crippen LogP contribution in [-0.4, -0.2) is 41.1 Å². The van der Waals surface area contributed by atoms with E-state index in [-0.39, 0.29) is 31.5 Å². The standard InChI is InChI=1S/C18H25NO4/c1-13(2)19(10-9-18(21)22)17(20)12-23-16-8-7-14-5-3-4-6-15(14)11-16/h7-8,11,13H,3-6,9-10,12H2,1-2H3,(H,21,22). The number of hydrogen-bond donors (Lipinski definition) is 1. The van der Waals surface area contributed by atoms with Gasteiger partial charge in [-0.2, -0.15) is 0 Å². The van der Waals surface area contributed by atoms with E-state index in [1.807, 2.05) is 26.0 Å². The Morgan fingerprint density at radius 3 is 2.57 bits per heavy atom. The molecule has 0 radical (unpaired) electrons. The summed E-state index contributed by atoms with van der Waals surface area (Å²) in [6.07, 6.45) is 4.56. The number of nitrogens with zero attached hydrogens (tertiary/aromatic N) is 1. The third-order valence-electron chi connectivity index (χ3n) is 4.19. The Labute approximate surface area is 137 Å². The Hall–Kier alpha value is -2.04. The Morgan fingerprint density at radius 2 is 1.91 bits per heavy atom. The van der Waals surface area contributed by atoms with Gasteiger partial charge in [-0.05, 0) is 62.8 Å². The number of carboxylic acids is 1. The van der Waals surface area contributed by atoms with Crippen molar-refractivity contribution in [2.75, 3.05) is 13.2 Å². The fraction of sp³-hybridized carbons (Fsp3) is 0.556. The van der Waals surface area contributed by atoms with Gasteiger partial charge in [0, 0.05) is 12.6 Å². The van der Waals surface area contributed by atoms with E-state index in [1.54, 1.807) is 4.90 Å². The molecule has 5 nitrogen and oxygen atoms in total. The van der Waals surface area contributed by atoms with E-state index in [9.17, 15) is 9.59 Å². The van der Waals surface area contributed by atoms with E-state index in [0.717, 1.165) is 12.8 Å². The molecule has 23 heavy (non-hydrogen) atoms. The van der Waals surface area contributed by atoms with Gasteiger partial charge in [0.1, 0.15) is 5.75 Å². The molecule has 0 spiro atoms. The lowest BCUT2D eigenvalue weighted by Gasteiger charge is -2.26. The lowest BCUT2D eigenvalue weighted by molar-refractivity contribution is -0.139. The molecule has 1 aromatic carbocycles. The van der Waals surface area contributed by atoms with E-state index in [0.29, 0.717) is 5.75 Å². The van der Waals surface area contributed by atoms with Crippen LogP contribution in [0.2, 0.25) is 0 Å². The Balaban J connectivity index is 1.93. The number of rotatable bonds is 7. The summed E-state index contributed by atoms with van der Waals surface area (Å²) in [7, 11) is 0. The van der Waals surface area contributed by atoms with E-state index >= 15 is 0 Å². The van der Waals surface area contributed by atoms with Crippen LogP contribution in [0.25, 0.3) is 0 Å². The molecule has 1 aromatic rings. The zero-order valence-electron chi connectivity index (χ0n) is 13.9. The second-order valence-corrected chi connectivity index (χ2v) is 6.25. The molecular formula is C18H25NO4. The van der Waals surface area contributed by atoms with Gasteiger partial charge < -0.3 is 14.7 Å². The Bertz CT molecular complexity index is 568. The summed E-state index contributed by atoms with van der Waals surface area (Å²) in [5.74, 6) is -0.376. The van der Waals surface area contributed by atoms with Gasteiger partial charge in [0.15, 0.2) is 6.61 Å². The minimum Gasteiger partial charge on any atom is -0.484 e. The van der Waals surface area contributed by atoms with Gasteiger partial charge in [-0.1, -0.05) is 6.07 Å². The number of aliphatic carboxylic acids is 1. The minimum atomic E-state index is -0.904. The average molecular weight is 319 g/mol. The molecule has 1 aliphatic carbocycles. The van der Waals surface area contributed by atoms with Crippen molar-refractivity contribution in [1.82, 2.24) is 4.90 Å². The summed E-state index contributed by atoms with van der Waals surface area (Å²) in [5.41, 5.74) is 2.69. The number of carboxylic acid groups (broad SMARTS) is 1. The minimum absolute atomic E-state index is 0.0472. The number of aryl methyl sites for hydroxylation is 2. The highest BCUT2D eigenvalue weighted by atomic mass is 16.5. The monoisotopic (exact) mass is 319 g/mol. The molecule has 0 bridgehead atoms. The fourth-order valence-electron chi connectivity index (χ4n) is 2.91. The van der Waals surface area contributed by atoms with E-state index in [1.165, 1.54) is 24.0 Å². The van der Waals surface area contributed by atoms with Gasteiger partial charge in [0.2, 0.25) is 0 Å². The van der Waals surface area contributed by atoms with Gasteiger partial charge in [-0.3, -0.25) is 9.59 Å². The lowest BCUT2D eigenvalue weighted by atomic mass is 9.92. The summed E-state index contributed by atoms with van der Waals surface area (Å²) < 4.78 is 5.63. The van der Waals surface area contributed by atoms with Crippen LogP contribution in [-0.2, 0) is 22.4 Å². The van der Waals surface area contributed by atoms with Crippen LogP contribution >= 0.6 is 0 Å². The maximum atomic E-state index is 12.3. The molecule has 0 unspecified atom stereocenters. The number of ether oxygens (including phenoxy) is 1. The van der Waals surface area contributed by atoms with Crippen molar-refractivity contribution in [3.8, 4) is 5.75 Å². The first kappa shape index (κ1) is 17.3. The van der Waals surface area contributed by atoms with E-state index in [4.69, 9.17) is 9.84 Å². The molecule has 0 aromatic heterocycles. The van der Waals surface area contributed by atoms with Crippen molar-refractivity contribution in [3.63, 3.8) is 0 Å². The van der Waals surface area contributed by atoms with Crippen molar-refractivity contribution in [2.45, 2.75) is 52.0 Å². The molecule has 0 aliphatic heterocycles. The van der Waals surface area contributed by atoms with E-state index in [2.05, 4.69) is 6.07 Å². The molecule has 0 heterocycles. The topological polar surface area (TPSA) is 66.8 Å². The molecule has 0 saturated carbocycles. The van der Waals surface area contributed by atoms with Crippen LogP contribution in [0.1, 0.15) is 44.2 Å². The summed E-state index contributed by atoms with van der Waals surface area (Å²) in [4.78, 5) is 24.5. The molecule has 2 rings (SSSR count). The summed E-state index contributed by atoms with van der Waals surface area (Å²) in [6.45, 7) is 3.90. The second kappa shape index (κ2) is 7.99. The number of hydrogen-bond acceptors (Lipinski definition) is 3. The molecule has 1 aliphatic rings.